The molecule has 0 saturated carbocycles. The third-order valence-electron chi connectivity index (χ3n) is 7.61. The SMILES string of the molecule is c1cnc(-c2c3ccccc3c(-c3ccc(-c4cccc5c4oc4ccccc45)cc3)c3ccccc23)nc1. The smallest absolute Gasteiger partial charge is 0.160 e. The third kappa shape index (κ3) is 3.37. The monoisotopic (exact) mass is 498 g/mol. The largest absolute Gasteiger partial charge is 0.455 e. The number of benzene rings is 6. The summed E-state index contributed by atoms with van der Waals surface area (Å²) in [4.78, 5) is 9.23. The second-order valence-corrected chi connectivity index (χ2v) is 9.77. The summed E-state index contributed by atoms with van der Waals surface area (Å²) in [6.45, 7) is 0. The molecule has 0 bridgehead atoms. The Kier molecular flexibility index (Phi) is 4.82. The normalized spacial score (nSPS) is 11.6. The highest BCUT2D eigenvalue weighted by atomic mass is 16.3. The molecule has 2 heterocycles. The summed E-state index contributed by atoms with van der Waals surface area (Å²) in [5.41, 5.74) is 7.52. The molecule has 8 aromatic rings. The fraction of sp³-hybridized carbons (Fsp3) is 0. The average molecular weight is 499 g/mol. The van der Waals surface area contributed by atoms with E-state index in [1.165, 1.54) is 21.9 Å². The second-order valence-electron chi connectivity index (χ2n) is 9.77. The Hall–Kier alpha value is -5.28. The van der Waals surface area contributed by atoms with Crippen molar-refractivity contribution in [2.24, 2.45) is 0 Å². The number of hydrogen-bond acceptors (Lipinski definition) is 3. The molecule has 0 radical (unpaired) electrons. The minimum atomic E-state index is 0.741. The predicted octanol–water partition coefficient (Wildman–Crippen LogP) is 9.68. The topological polar surface area (TPSA) is 38.9 Å². The Balaban J connectivity index is 1.35. The highest BCUT2D eigenvalue weighted by Gasteiger charge is 2.18. The number of fused-ring (bicyclic) bond motifs is 5. The van der Waals surface area contributed by atoms with Crippen LogP contribution in [0.15, 0.2) is 138 Å². The molecule has 0 aliphatic heterocycles. The van der Waals surface area contributed by atoms with E-state index >= 15 is 0 Å². The molecule has 0 unspecified atom stereocenters. The standard InChI is InChI=1S/C36H22N2O/c1-3-12-29-27(10-1)33(28-11-2-4-13-30(28)34(29)36-37-21-8-22-38-36)24-19-17-23(18-20-24)25-14-7-15-31-26-9-5-6-16-32(26)39-35(25)31/h1-22H. The number of para-hydroxylation sites is 2. The van der Waals surface area contributed by atoms with Crippen molar-refractivity contribution in [2.45, 2.75) is 0 Å². The maximum absolute atomic E-state index is 6.31. The summed E-state index contributed by atoms with van der Waals surface area (Å²) in [6, 6.07) is 42.5. The van der Waals surface area contributed by atoms with Crippen LogP contribution >= 0.6 is 0 Å². The van der Waals surface area contributed by atoms with Crippen LogP contribution in [0.5, 0.6) is 0 Å². The van der Waals surface area contributed by atoms with Gasteiger partial charge in [-0.3, -0.25) is 0 Å². The van der Waals surface area contributed by atoms with Crippen molar-refractivity contribution in [3.63, 3.8) is 0 Å². The first-order valence-corrected chi connectivity index (χ1v) is 13.1. The van der Waals surface area contributed by atoms with E-state index in [-0.39, 0.29) is 0 Å². The van der Waals surface area contributed by atoms with Crippen molar-refractivity contribution >= 4 is 43.5 Å². The Morgan fingerprint density at radius 1 is 0.410 bits per heavy atom. The number of aromatic nitrogens is 2. The molecule has 6 aromatic carbocycles. The van der Waals surface area contributed by atoms with Crippen LogP contribution in [-0.4, -0.2) is 9.97 Å². The molecule has 8 rings (SSSR count). The Labute approximate surface area is 225 Å². The van der Waals surface area contributed by atoms with Gasteiger partial charge >= 0.3 is 0 Å². The number of rotatable bonds is 3. The van der Waals surface area contributed by atoms with E-state index in [0.717, 1.165) is 55.2 Å². The summed E-state index contributed by atoms with van der Waals surface area (Å²) in [6.07, 6.45) is 3.61. The van der Waals surface area contributed by atoms with E-state index in [1.807, 2.05) is 18.2 Å². The quantitative estimate of drug-likeness (QED) is 0.228. The molecule has 2 aromatic heterocycles. The van der Waals surface area contributed by atoms with Crippen LogP contribution in [0.25, 0.3) is 77.1 Å². The first-order chi connectivity index (χ1) is 19.4. The maximum atomic E-state index is 6.31. The van der Waals surface area contributed by atoms with E-state index in [4.69, 9.17) is 4.42 Å². The average Bonchev–Trinajstić information content (AvgIpc) is 3.39. The van der Waals surface area contributed by atoms with Gasteiger partial charge in [-0.15, -0.1) is 0 Å². The molecule has 3 nitrogen and oxygen atoms in total. The molecule has 0 amide bonds. The lowest BCUT2D eigenvalue weighted by atomic mass is 9.87. The minimum absolute atomic E-state index is 0.741. The van der Waals surface area contributed by atoms with Crippen LogP contribution in [0.4, 0.5) is 0 Å². The molecule has 39 heavy (non-hydrogen) atoms. The molecule has 0 N–H and O–H groups in total. The van der Waals surface area contributed by atoms with Gasteiger partial charge < -0.3 is 4.42 Å². The Morgan fingerprint density at radius 3 is 1.62 bits per heavy atom. The van der Waals surface area contributed by atoms with Crippen molar-refractivity contribution < 1.29 is 4.42 Å². The molecule has 0 fully saturated rings. The van der Waals surface area contributed by atoms with Crippen LogP contribution in [0.3, 0.4) is 0 Å². The van der Waals surface area contributed by atoms with Gasteiger partial charge in [0.1, 0.15) is 11.2 Å². The van der Waals surface area contributed by atoms with Crippen molar-refractivity contribution in [3.8, 4) is 33.6 Å². The first-order valence-electron chi connectivity index (χ1n) is 13.1. The van der Waals surface area contributed by atoms with E-state index in [0.29, 0.717) is 0 Å². The first kappa shape index (κ1) is 21.8. The summed E-state index contributed by atoms with van der Waals surface area (Å²) in [5, 5.41) is 6.95. The number of nitrogens with zero attached hydrogens (tertiary/aromatic N) is 2. The fourth-order valence-electron chi connectivity index (χ4n) is 5.90. The van der Waals surface area contributed by atoms with E-state index < -0.39 is 0 Å². The molecule has 182 valence electrons. The lowest BCUT2D eigenvalue weighted by Gasteiger charge is -2.17. The molecule has 0 aliphatic rings. The van der Waals surface area contributed by atoms with Gasteiger partial charge in [0, 0.05) is 34.3 Å². The van der Waals surface area contributed by atoms with Gasteiger partial charge in [-0.2, -0.15) is 0 Å². The zero-order valence-corrected chi connectivity index (χ0v) is 21.0. The van der Waals surface area contributed by atoms with Crippen LogP contribution in [-0.2, 0) is 0 Å². The van der Waals surface area contributed by atoms with Crippen molar-refractivity contribution in [3.05, 3.63) is 134 Å². The van der Waals surface area contributed by atoms with Gasteiger partial charge in [-0.25, -0.2) is 9.97 Å². The predicted molar refractivity (Wildman–Crippen MR) is 161 cm³/mol. The second kappa shape index (κ2) is 8.64. The van der Waals surface area contributed by atoms with Crippen molar-refractivity contribution in [1.29, 1.82) is 0 Å². The molecular weight excluding hydrogens is 476 g/mol. The van der Waals surface area contributed by atoms with Crippen LogP contribution in [0.1, 0.15) is 0 Å². The zero-order valence-electron chi connectivity index (χ0n) is 21.0. The zero-order chi connectivity index (χ0) is 25.8. The van der Waals surface area contributed by atoms with Gasteiger partial charge in [0.05, 0.1) is 0 Å². The van der Waals surface area contributed by atoms with Gasteiger partial charge in [0.15, 0.2) is 5.82 Å². The molecular formula is C36H22N2O. The minimum Gasteiger partial charge on any atom is -0.455 e. The van der Waals surface area contributed by atoms with Gasteiger partial charge in [-0.1, -0.05) is 109 Å². The van der Waals surface area contributed by atoms with Crippen LogP contribution in [0.2, 0.25) is 0 Å². The highest BCUT2D eigenvalue weighted by Crippen LogP contribution is 2.43. The third-order valence-corrected chi connectivity index (χ3v) is 7.61. The molecule has 0 aliphatic carbocycles. The summed E-state index contributed by atoms with van der Waals surface area (Å²) < 4.78 is 6.31. The van der Waals surface area contributed by atoms with E-state index in [2.05, 4.69) is 113 Å². The summed E-state index contributed by atoms with van der Waals surface area (Å²) in [5.74, 6) is 0.741. The van der Waals surface area contributed by atoms with E-state index in [9.17, 15) is 0 Å². The summed E-state index contributed by atoms with van der Waals surface area (Å²) in [7, 11) is 0. The van der Waals surface area contributed by atoms with Gasteiger partial charge in [0.25, 0.3) is 0 Å². The Bertz CT molecular complexity index is 2100. The molecule has 0 spiro atoms. The molecule has 0 saturated heterocycles. The number of furan rings is 1. The lowest BCUT2D eigenvalue weighted by molar-refractivity contribution is 0.670. The van der Waals surface area contributed by atoms with Crippen LogP contribution < -0.4 is 0 Å². The molecule has 0 atom stereocenters. The van der Waals surface area contributed by atoms with Crippen molar-refractivity contribution in [1.82, 2.24) is 9.97 Å². The summed E-state index contributed by atoms with van der Waals surface area (Å²) >= 11 is 0. The fourth-order valence-corrected chi connectivity index (χ4v) is 5.90. The van der Waals surface area contributed by atoms with Gasteiger partial charge in [0.2, 0.25) is 0 Å². The van der Waals surface area contributed by atoms with Crippen LogP contribution in [0, 0.1) is 0 Å². The number of hydrogen-bond donors (Lipinski definition) is 0. The highest BCUT2D eigenvalue weighted by molar-refractivity contribution is 6.20. The van der Waals surface area contributed by atoms with Crippen molar-refractivity contribution in [2.75, 3.05) is 0 Å². The molecule has 3 heteroatoms. The van der Waals surface area contributed by atoms with Gasteiger partial charge in [-0.05, 0) is 50.4 Å². The maximum Gasteiger partial charge on any atom is 0.160 e. The Morgan fingerprint density at radius 2 is 0.949 bits per heavy atom. The van der Waals surface area contributed by atoms with E-state index in [1.54, 1.807) is 12.4 Å². The lowest BCUT2D eigenvalue weighted by Crippen LogP contribution is -1.93.